The molecule has 2 amide bonds. The second-order valence-corrected chi connectivity index (χ2v) is 14.5. The molecule has 256 valence electrons. The number of hydrogen-bond donors (Lipinski definition) is 2. The van der Waals surface area contributed by atoms with Gasteiger partial charge in [-0.3, -0.25) is 19.4 Å². The smallest absolute Gasteiger partial charge is 0.336 e. The Morgan fingerprint density at radius 1 is 0.773 bits per heavy atom. The minimum absolute atomic E-state index is 0.0385. The van der Waals surface area contributed by atoms with Crippen LogP contribution in [0.5, 0.6) is 0 Å². The number of likely N-dealkylation sites (tertiary alicyclic amines) is 1. The Morgan fingerprint density at radius 3 is 1.89 bits per heavy atom. The molecule has 2 atom stereocenters. The van der Waals surface area contributed by atoms with Crippen LogP contribution in [0.15, 0.2) is 0 Å². The number of hydrogen-bond acceptors (Lipinski definition) is 8. The van der Waals surface area contributed by atoms with E-state index < -0.39 is 28.6 Å². The summed E-state index contributed by atoms with van der Waals surface area (Å²) < 4.78 is 10.9. The molecule has 0 bridgehead atoms. The van der Waals surface area contributed by atoms with Gasteiger partial charge in [-0.05, 0) is 86.5 Å². The van der Waals surface area contributed by atoms with Gasteiger partial charge in [-0.15, -0.1) is 0 Å². The number of rotatable bonds is 19. The van der Waals surface area contributed by atoms with Gasteiger partial charge in [0.2, 0.25) is 5.91 Å². The van der Waals surface area contributed by atoms with Gasteiger partial charge in [-0.25, -0.2) is 10.6 Å². The summed E-state index contributed by atoms with van der Waals surface area (Å²) in [6.07, 6.45) is 14.5. The van der Waals surface area contributed by atoms with E-state index in [0.717, 1.165) is 43.5 Å². The van der Waals surface area contributed by atoms with Crippen molar-refractivity contribution in [3.8, 4) is 0 Å². The Hall–Kier alpha value is -2.20. The predicted molar refractivity (Wildman–Crippen MR) is 174 cm³/mol. The molecule has 1 aliphatic rings. The number of ether oxygens (including phenoxy) is 2. The molecule has 10 heteroatoms. The summed E-state index contributed by atoms with van der Waals surface area (Å²) >= 11 is 0. The van der Waals surface area contributed by atoms with Crippen LogP contribution in [-0.2, 0) is 28.7 Å². The van der Waals surface area contributed by atoms with E-state index >= 15 is 0 Å². The van der Waals surface area contributed by atoms with Gasteiger partial charge in [0.05, 0.1) is 12.6 Å². The van der Waals surface area contributed by atoms with Crippen LogP contribution in [0, 0.1) is 0 Å². The fraction of sp³-hybridized carbons (Fsp3) is 0.882. The topological polar surface area (TPSA) is 145 Å². The molecule has 0 aromatic rings. The molecule has 0 radical (unpaired) electrons. The van der Waals surface area contributed by atoms with Gasteiger partial charge in [0, 0.05) is 19.4 Å². The molecule has 2 unspecified atom stereocenters. The second-order valence-electron chi connectivity index (χ2n) is 14.5. The van der Waals surface area contributed by atoms with Crippen molar-refractivity contribution >= 4 is 23.8 Å². The van der Waals surface area contributed by atoms with Crippen LogP contribution >= 0.6 is 0 Å². The summed E-state index contributed by atoms with van der Waals surface area (Å²) in [4.78, 5) is 54.1. The van der Waals surface area contributed by atoms with Crippen LogP contribution in [0.2, 0.25) is 0 Å². The zero-order valence-electron chi connectivity index (χ0n) is 29.0. The van der Waals surface area contributed by atoms with Crippen molar-refractivity contribution in [1.82, 2.24) is 9.91 Å². The predicted octanol–water partition coefficient (Wildman–Crippen LogP) is 5.93. The first-order valence-electron chi connectivity index (χ1n) is 17.1. The van der Waals surface area contributed by atoms with E-state index in [-0.39, 0.29) is 37.3 Å². The summed E-state index contributed by atoms with van der Waals surface area (Å²) in [7, 11) is 0. The largest absolute Gasteiger partial charge is 0.460 e. The first kappa shape index (κ1) is 39.8. The van der Waals surface area contributed by atoms with Crippen molar-refractivity contribution in [2.75, 3.05) is 13.1 Å². The standard InChI is InChI=1S/C34H64N4O6/c1-8-9-10-11-12-13-14-15-16-22-28(39)37-25-20-18-21-27(37)26-38(36)30(41)34(35,31(42)44-33(5,6)7)24-19-17-23-29(40)43-32(2,3)4/h27H,8-26,35-36H2,1-7H3. The zero-order chi connectivity index (χ0) is 33.4. The Morgan fingerprint density at radius 2 is 1.32 bits per heavy atom. The summed E-state index contributed by atoms with van der Waals surface area (Å²) in [6.45, 7) is 13.4. The number of esters is 2. The van der Waals surface area contributed by atoms with Crippen molar-refractivity contribution in [2.24, 2.45) is 11.6 Å². The highest BCUT2D eigenvalue weighted by atomic mass is 16.6. The maximum Gasteiger partial charge on any atom is 0.336 e. The molecular formula is C34H64N4O6. The third kappa shape index (κ3) is 15.7. The summed E-state index contributed by atoms with van der Waals surface area (Å²) in [5.74, 6) is 4.43. The average molecular weight is 625 g/mol. The number of piperidine rings is 1. The monoisotopic (exact) mass is 624 g/mol. The lowest BCUT2D eigenvalue weighted by molar-refractivity contribution is -0.168. The number of nitrogens with two attached hydrogens (primary N) is 2. The molecule has 1 heterocycles. The third-order valence-electron chi connectivity index (χ3n) is 7.88. The Labute approximate surface area is 267 Å². The van der Waals surface area contributed by atoms with Crippen molar-refractivity contribution in [3.05, 3.63) is 0 Å². The van der Waals surface area contributed by atoms with E-state index in [1.807, 2.05) is 4.90 Å². The fourth-order valence-electron chi connectivity index (χ4n) is 5.55. The van der Waals surface area contributed by atoms with Gasteiger partial charge < -0.3 is 20.1 Å². The summed E-state index contributed by atoms with van der Waals surface area (Å²) in [5.41, 5.74) is 3.03. The average Bonchev–Trinajstić information content (AvgIpc) is 2.92. The highest BCUT2D eigenvalue weighted by Crippen LogP contribution is 2.24. The van der Waals surface area contributed by atoms with E-state index in [1.54, 1.807) is 41.5 Å². The Kier molecular flexibility index (Phi) is 17.5. The SMILES string of the molecule is CCCCCCCCCCCC(=O)N1CCCCC1CN(N)C(=O)C(N)(CCCCC(=O)OC(C)(C)C)C(=O)OC(C)(C)C. The van der Waals surface area contributed by atoms with Crippen LogP contribution < -0.4 is 11.6 Å². The quantitative estimate of drug-likeness (QED) is 0.0449. The lowest BCUT2D eigenvalue weighted by Crippen LogP contribution is -2.65. The van der Waals surface area contributed by atoms with Gasteiger partial charge in [-0.2, -0.15) is 0 Å². The van der Waals surface area contributed by atoms with Crippen LogP contribution in [0.1, 0.15) is 158 Å². The summed E-state index contributed by atoms with van der Waals surface area (Å²) in [6, 6.07) is -0.237. The maximum atomic E-state index is 13.7. The van der Waals surface area contributed by atoms with E-state index in [0.29, 0.717) is 25.8 Å². The highest BCUT2D eigenvalue weighted by molar-refractivity contribution is 6.07. The van der Waals surface area contributed by atoms with Gasteiger partial charge in [0.15, 0.2) is 5.54 Å². The molecule has 4 N–H and O–H groups in total. The number of hydrazine groups is 1. The number of carbonyl (C=O) groups is 4. The Bertz CT molecular complexity index is 897. The van der Waals surface area contributed by atoms with Crippen LogP contribution in [-0.4, -0.2) is 69.5 Å². The minimum Gasteiger partial charge on any atom is -0.460 e. The van der Waals surface area contributed by atoms with Crippen molar-refractivity contribution in [2.45, 2.75) is 180 Å². The number of nitrogens with zero attached hydrogens (tertiary/aromatic N) is 2. The van der Waals surface area contributed by atoms with Gasteiger partial charge in [0.25, 0.3) is 5.91 Å². The third-order valence-corrected chi connectivity index (χ3v) is 7.88. The molecule has 0 spiro atoms. The van der Waals surface area contributed by atoms with E-state index in [9.17, 15) is 19.2 Å². The first-order valence-corrected chi connectivity index (χ1v) is 17.1. The number of unbranched alkanes of at least 4 members (excludes halogenated alkanes) is 9. The molecule has 0 aromatic heterocycles. The molecule has 44 heavy (non-hydrogen) atoms. The molecule has 0 aromatic carbocycles. The second kappa shape index (κ2) is 19.3. The van der Waals surface area contributed by atoms with Crippen molar-refractivity contribution < 1.29 is 28.7 Å². The van der Waals surface area contributed by atoms with Gasteiger partial charge in [-0.1, -0.05) is 58.3 Å². The summed E-state index contributed by atoms with van der Waals surface area (Å²) in [5, 5.41) is 0.993. The zero-order valence-corrected chi connectivity index (χ0v) is 29.0. The molecule has 1 aliphatic heterocycles. The lowest BCUT2D eigenvalue weighted by Gasteiger charge is -2.39. The maximum absolute atomic E-state index is 13.7. The fourth-order valence-corrected chi connectivity index (χ4v) is 5.55. The van der Waals surface area contributed by atoms with Gasteiger partial charge >= 0.3 is 11.9 Å². The van der Waals surface area contributed by atoms with Crippen molar-refractivity contribution in [1.29, 1.82) is 0 Å². The highest BCUT2D eigenvalue weighted by Gasteiger charge is 2.47. The first-order chi connectivity index (χ1) is 20.5. The Balaban J connectivity index is 2.78. The molecular weight excluding hydrogens is 560 g/mol. The van der Waals surface area contributed by atoms with Crippen molar-refractivity contribution in [3.63, 3.8) is 0 Å². The number of amides is 2. The number of carbonyl (C=O) groups excluding carboxylic acids is 4. The molecule has 0 saturated carbocycles. The molecule has 10 nitrogen and oxygen atoms in total. The molecule has 1 saturated heterocycles. The molecule has 0 aliphatic carbocycles. The minimum atomic E-state index is -2.02. The van der Waals surface area contributed by atoms with E-state index in [1.165, 1.54) is 38.5 Å². The lowest BCUT2D eigenvalue weighted by atomic mass is 9.91. The van der Waals surface area contributed by atoms with Gasteiger partial charge in [0.1, 0.15) is 11.2 Å². The normalized spacial score (nSPS) is 17.1. The van der Waals surface area contributed by atoms with Crippen LogP contribution in [0.3, 0.4) is 0 Å². The molecule has 1 rings (SSSR count). The van der Waals surface area contributed by atoms with Crippen LogP contribution in [0.25, 0.3) is 0 Å². The van der Waals surface area contributed by atoms with E-state index in [4.69, 9.17) is 21.1 Å². The molecule has 1 fully saturated rings. The van der Waals surface area contributed by atoms with E-state index in [2.05, 4.69) is 6.92 Å². The van der Waals surface area contributed by atoms with Crippen LogP contribution in [0.4, 0.5) is 0 Å².